The van der Waals surface area contributed by atoms with Crippen molar-refractivity contribution in [3.05, 3.63) is 45.3 Å². The van der Waals surface area contributed by atoms with Gasteiger partial charge in [-0.2, -0.15) is 0 Å². The largest absolute Gasteiger partial charge is 0.454 e. The van der Waals surface area contributed by atoms with Gasteiger partial charge in [-0.15, -0.1) is 0 Å². The van der Waals surface area contributed by atoms with Gasteiger partial charge in [-0.25, -0.2) is 24.3 Å². The van der Waals surface area contributed by atoms with Gasteiger partial charge in [-0.1, -0.05) is 13.8 Å². The minimum atomic E-state index is -4.30. The molecule has 0 aliphatic carbocycles. The van der Waals surface area contributed by atoms with Crippen molar-refractivity contribution < 1.29 is 47.6 Å². The summed E-state index contributed by atoms with van der Waals surface area (Å²) >= 11 is 0.553. The zero-order valence-electron chi connectivity index (χ0n) is 24.9. The van der Waals surface area contributed by atoms with Gasteiger partial charge < -0.3 is 44.4 Å². The first-order chi connectivity index (χ1) is 22.0. The van der Waals surface area contributed by atoms with E-state index in [9.17, 15) is 29.2 Å². The lowest BCUT2D eigenvalue weighted by molar-refractivity contribution is -0.144. The summed E-state index contributed by atoms with van der Waals surface area (Å²) in [6.07, 6.45) is -3.31. The number of aromatic amines is 3. The highest BCUT2D eigenvalue weighted by Gasteiger charge is 2.51. The van der Waals surface area contributed by atoms with Crippen LogP contribution in [0.4, 0.5) is 5.82 Å². The van der Waals surface area contributed by atoms with Gasteiger partial charge in [0.1, 0.15) is 54.5 Å². The summed E-state index contributed by atoms with van der Waals surface area (Å²) in [4.78, 5) is 55.8. The van der Waals surface area contributed by atoms with E-state index in [4.69, 9.17) is 28.0 Å². The number of nitrogens with zero attached hydrogens (tertiary/aromatic N) is 3. The van der Waals surface area contributed by atoms with Crippen LogP contribution in [-0.2, 0) is 37.4 Å². The average Bonchev–Trinajstić information content (AvgIpc) is 3.73. The summed E-state index contributed by atoms with van der Waals surface area (Å²) in [5.74, 6) is -1.03. The Labute approximate surface area is 264 Å². The third-order valence-electron chi connectivity index (χ3n) is 7.19. The number of H-pyrrole nitrogens is 3. The van der Waals surface area contributed by atoms with Gasteiger partial charge >= 0.3 is 18.5 Å². The number of aliphatic hydroxyl groups is 2. The van der Waals surface area contributed by atoms with Crippen LogP contribution < -0.4 is 16.6 Å². The molecule has 0 amide bonds. The standard InChI is InChI=1S/C25H34N7O12PS/c1-11(2)24(36)40-10-46-45(38,44-19-14(6-33)43-18(20(19)39-3)12-5-26-25(37)32-23(12)35)41-7-15-13(34)4-16(42-15)31-22-17-21(28-8-27-17)29-9-30-22/h5,8-9,11,13-16,18-20,33-34H,4,6-7,10H2,1-3H3,(H2,26,32,35,37)(H2,27,28,29,30,31)/t13-,14+,15+,16+,18-,19?,20-,45?/m0/s1. The molecule has 0 radical (unpaired) electrons. The molecule has 0 spiro atoms. The van der Waals surface area contributed by atoms with E-state index in [1.807, 2.05) is 0 Å². The van der Waals surface area contributed by atoms with Crippen LogP contribution in [0.2, 0.25) is 0 Å². The number of hydrogen-bond donors (Lipinski definition) is 6. The first-order valence-corrected chi connectivity index (χ1v) is 17.2. The van der Waals surface area contributed by atoms with Crippen molar-refractivity contribution in [1.29, 1.82) is 0 Å². The molecular weight excluding hydrogens is 653 g/mol. The van der Waals surface area contributed by atoms with Gasteiger partial charge in [0.05, 0.1) is 37.1 Å². The van der Waals surface area contributed by atoms with Crippen molar-refractivity contribution in [2.75, 3.05) is 31.6 Å². The number of aromatic nitrogens is 6. The molecule has 5 heterocycles. The molecule has 2 saturated heterocycles. The predicted octanol–water partition coefficient (Wildman–Crippen LogP) is 0.165. The number of esters is 1. The molecule has 2 aliphatic rings. The number of methoxy groups -OCH3 is 1. The summed E-state index contributed by atoms with van der Waals surface area (Å²) in [5.41, 5.74) is -0.547. The Hall–Kier alpha value is -3.20. The van der Waals surface area contributed by atoms with Gasteiger partial charge in [0, 0.05) is 31.1 Å². The van der Waals surface area contributed by atoms with E-state index in [0.29, 0.717) is 28.4 Å². The van der Waals surface area contributed by atoms with Crippen LogP contribution in [-0.4, -0.2) is 109 Å². The van der Waals surface area contributed by atoms with Crippen LogP contribution in [0.15, 0.2) is 28.4 Å². The first-order valence-electron chi connectivity index (χ1n) is 14.1. The lowest BCUT2D eigenvalue weighted by Gasteiger charge is -2.27. The Bertz CT molecular complexity index is 1670. The molecule has 0 aromatic carbocycles. The zero-order valence-corrected chi connectivity index (χ0v) is 26.6. The summed E-state index contributed by atoms with van der Waals surface area (Å²) in [6, 6.07) is 0. The molecule has 3 aromatic rings. The number of aliphatic hydroxyl groups excluding tert-OH is 2. The smallest absolute Gasteiger partial charge is 0.392 e. The van der Waals surface area contributed by atoms with E-state index in [0.717, 1.165) is 6.20 Å². The Kier molecular flexibility index (Phi) is 10.9. The van der Waals surface area contributed by atoms with E-state index < -0.39 is 91.9 Å². The molecule has 21 heteroatoms. The van der Waals surface area contributed by atoms with Crippen molar-refractivity contribution in [2.45, 2.75) is 63.1 Å². The number of anilines is 1. The maximum Gasteiger partial charge on any atom is 0.392 e. The fraction of sp³-hybridized carbons (Fsp3) is 0.600. The van der Waals surface area contributed by atoms with Crippen LogP contribution in [0, 0.1) is 5.92 Å². The maximum atomic E-state index is 14.2. The summed E-state index contributed by atoms with van der Waals surface area (Å²) in [7, 11) is 1.30. The van der Waals surface area contributed by atoms with Crippen LogP contribution in [0.1, 0.15) is 31.9 Å². The minimum absolute atomic E-state index is 0.0256. The molecule has 3 aromatic heterocycles. The van der Waals surface area contributed by atoms with Gasteiger partial charge in [0.15, 0.2) is 11.5 Å². The Balaban J connectivity index is 1.31. The molecular formula is C25H34N7O12PS. The van der Waals surface area contributed by atoms with E-state index in [1.165, 1.54) is 19.8 Å². The Morgan fingerprint density at radius 3 is 2.72 bits per heavy atom. The topological polar surface area (TPSA) is 262 Å². The van der Waals surface area contributed by atoms with E-state index >= 15 is 0 Å². The van der Waals surface area contributed by atoms with Crippen molar-refractivity contribution in [3.8, 4) is 0 Å². The fourth-order valence-corrected chi connectivity index (χ4v) is 7.68. The van der Waals surface area contributed by atoms with Crippen molar-refractivity contribution >= 4 is 41.1 Å². The van der Waals surface area contributed by atoms with Gasteiger partial charge in [-0.3, -0.25) is 23.6 Å². The molecule has 6 N–H and O–H groups in total. The summed E-state index contributed by atoms with van der Waals surface area (Å²) in [6.45, 7) is -2.08. The molecule has 2 aliphatic heterocycles. The number of nitrogens with one attached hydrogen (secondary N) is 4. The van der Waals surface area contributed by atoms with Crippen molar-refractivity contribution in [1.82, 2.24) is 29.9 Å². The van der Waals surface area contributed by atoms with Crippen LogP contribution in [0.3, 0.4) is 0 Å². The van der Waals surface area contributed by atoms with Gasteiger partial charge in [0.25, 0.3) is 5.56 Å². The minimum Gasteiger partial charge on any atom is -0.454 e. The summed E-state index contributed by atoms with van der Waals surface area (Å²) < 4.78 is 48.4. The van der Waals surface area contributed by atoms with Crippen molar-refractivity contribution in [3.63, 3.8) is 0 Å². The number of carbonyl (C=O) groups excluding carboxylic acids is 1. The fourth-order valence-electron chi connectivity index (χ4n) is 4.87. The molecule has 5 rings (SSSR count). The molecule has 252 valence electrons. The predicted molar refractivity (Wildman–Crippen MR) is 160 cm³/mol. The highest BCUT2D eigenvalue weighted by Crippen LogP contribution is 2.63. The number of fused-ring (bicyclic) bond motifs is 1. The Morgan fingerprint density at radius 2 is 2.00 bits per heavy atom. The molecule has 0 saturated carbocycles. The second-order valence-corrected chi connectivity index (χ2v) is 14.6. The van der Waals surface area contributed by atoms with Crippen LogP contribution >= 0.6 is 18.2 Å². The third-order valence-corrected chi connectivity index (χ3v) is 10.5. The monoisotopic (exact) mass is 687 g/mol. The van der Waals surface area contributed by atoms with Crippen LogP contribution in [0.5, 0.6) is 0 Å². The molecule has 8 atom stereocenters. The number of ether oxygens (including phenoxy) is 4. The maximum absolute atomic E-state index is 14.2. The SMILES string of the molecule is CO[C@@H]1C(OP(=O)(OC[C@H]2O[C@@H](Nc3ncnc4nc[nH]c34)C[C@@H]2O)SCOC(=O)C(C)C)[C@@H](CO)O[C@H]1c1c[nH]c(=O)[nH]c1=O. The van der Waals surface area contributed by atoms with E-state index in [1.54, 1.807) is 13.8 Å². The quantitative estimate of drug-likeness (QED) is 0.0749. The lowest BCUT2D eigenvalue weighted by Crippen LogP contribution is -2.37. The summed E-state index contributed by atoms with van der Waals surface area (Å²) in [5, 5.41) is 23.9. The molecule has 19 nitrogen and oxygen atoms in total. The molecule has 2 unspecified atom stereocenters. The normalized spacial score (nSPS) is 27.7. The van der Waals surface area contributed by atoms with E-state index in [2.05, 4.69) is 35.2 Å². The van der Waals surface area contributed by atoms with Gasteiger partial charge in [0.2, 0.25) is 0 Å². The molecule has 0 bridgehead atoms. The number of imidazole rings is 1. The zero-order chi connectivity index (χ0) is 33.0. The van der Waals surface area contributed by atoms with E-state index in [-0.39, 0.29) is 12.0 Å². The second kappa shape index (κ2) is 14.7. The number of hydrogen-bond acceptors (Lipinski definition) is 17. The lowest BCUT2D eigenvalue weighted by atomic mass is 10.0. The second-order valence-electron chi connectivity index (χ2n) is 10.6. The average molecular weight is 688 g/mol. The third kappa shape index (κ3) is 7.67. The number of rotatable bonds is 14. The highest BCUT2D eigenvalue weighted by molar-refractivity contribution is 8.55. The van der Waals surface area contributed by atoms with Crippen molar-refractivity contribution in [2.24, 2.45) is 5.92 Å². The van der Waals surface area contributed by atoms with Gasteiger partial charge in [-0.05, 0) is 0 Å². The highest BCUT2D eigenvalue weighted by atomic mass is 32.7. The molecule has 2 fully saturated rings. The molecule has 46 heavy (non-hydrogen) atoms. The Morgan fingerprint density at radius 1 is 1.20 bits per heavy atom. The first kappa shape index (κ1) is 34.1. The van der Waals surface area contributed by atoms with Crippen LogP contribution in [0.25, 0.3) is 11.2 Å². The number of carbonyl (C=O) groups is 1.